The molecule has 23 heavy (non-hydrogen) atoms. The van der Waals surface area contributed by atoms with Crippen LogP contribution in [0.15, 0.2) is 12.3 Å². The molecule has 0 radical (unpaired) electrons. The van der Waals surface area contributed by atoms with E-state index < -0.39 is 0 Å². The first-order valence-electron chi connectivity index (χ1n) is 7.52. The van der Waals surface area contributed by atoms with E-state index in [1.165, 1.54) is 0 Å². The quantitative estimate of drug-likeness (QED) is 0.659. The van der Waals surface area contributed by atoms with Crippen molar-refractivity contribution in [2.45, 2.75) is 38.3 Å². The van der Waals surface area contributed by atoms with E-state index in [1.54, 1.807) is 15.9 Å². The van der Waals surface area contributed by atoms with Crippen LogP contribution in [0.5, 0.6) is 0 Å². The molecule has 0 saturated heterocycles. The molecule has 8 nitrogen and oxygen atoms in total. The zero-order valence-electron chi connectivity index (χ0n) is 12.7. The molecule has 1 saturated carbocycles. The van der Waals surface area contributed by atoms with Gasteiger partial charge in [0.25, 0.3) is 0 Å². The molecule has 3 aromatic heterocycles. The first-order valence-corrected chi connectivity index (χ1v) is 8.34. The van der Waals surface area contributed by atoms with Gasteiger partial charge in [-0.2, -0.15) is 10.1 Å². The van der Waals surface area contributed by atoms with E-state index in [4.69, 9.17) is 11.5 Å². The predicted molar refractivity (Wildman–Crippen MR) is 89.3 cm³/mol. The van der Waals surface area contributed by atoms with Crippen LogP contribution in [-0.2, 0) is 6.54 Å². The van der Waals surface area contributed by atoms with Crippen molar-refractivity contribution in [2.24, 2.45) is 5.73 Å². The molecule has 0 aliphatic heterocycles. The lowest BCUT2D eigenvalue weighted by molar-refractivity contribution is 0.345. The summed E-state index contributed by atoms with van der Waals surface area (Å²) in [5, 5.41) is 8.61. The Hall–Kier alpha value is -2.26. The minimum Gasteiger partial charge on any atom is -0.368 e. The molecular formula is C14H18N8S. The molecule has 1 fully saturated rings. The summed E-state index contributed by atoms with van der Waals surface area (Å²) in [5.41, 5.74) is 13.5. The summed E-state index contributed by atoms with van der Waals surface area (Å²) in [6.45, 7) is 2.53. The highest BCUT2D eigenvalue weighted by Gasteiger charge is 2.29. The maximum absolute atomic E-state index is 5.85. The van der Waals surface area contributed by atoms with Gasteiger partial charge in [-0.05, 0) is 19.8 Å². The molecule has 3 heterocycles. The second-order valence-corrected chi connectivity index (χ2v) is 7.06. The maximum atomic E-state index is 5.85. The fraction of sp³-hybridized carbons (Fsp3) is 0.429. The third-order valence-electron chi connectivity index (χ3n) is 4.00. The fourth-order valence-electron chi connectivity index (χ4n) is 2.80. The largest absolute Gasteiger partial charge is 0.368 e. The van der Waals surface area contributed by atoms with Gasteiger partial charge < -0.3 is 16.8 Å². The van der Waals surface area contributed by atoms with Crippen molar-refractivity contribution in [1.29, 1.82) is 0 Å². The molecule has 4 rings (SSSR count). The van der Waals surface area contributed by atoms with Gasteiger partial charge in [0.2, 0.25) is 10.9 Å². The zero-order chi connectivity index (χ0) is 16.0. The van der Waals surface area contributed by atoms with Crippen LogP contribution in [0.4, 0.5) is 11.8 Å². The number of nitrogen functional groups attached to an aromatic ring is 1. The van der Waals surface area contributed by atoms with Gasteiger partial charge in [-0.15, -0.1) is 0 Å². The van der Waals surface area contributed by atoms with E-state index in [1.807, 2.05) is 19.2 Å². The number of rotatable bonds is 4. The molecule has 5 N–H and O–H groups in total. The highest BCUT2D eigenvalue weighted by molar-refractivity contribution is 7.16. The number of anilines is 2. The van der Waals surface area contributed by atoms with Crippen molar-refractivity contribution < 1.29 is 0 Å². The Labute approximate surface area is 137 Å². The first-order chi connectivity index (χ1) is 11.1. The molecule has 120 valence electrons. The van der Waals surface area contributed by atoms with E-state index in [9.17, 15) is 0 Å². The van der Waals surface area contributed by atoms with E-state index in [2.05, 4.69) is 25.4 Å². The van der Waals surface area contributed by atoms with Gasteiger partial charge in [0.15, 0.2) is 0 Å². The van der Waals surface area contributed by atoms with Crippen molar-refractivity contribution in [3.8, 4) is 0 Å². The lowest BCUT2D eigenvalue weighted by Crippen LogP contribution is -2.35. The Morgan fingerprint density at radius 2 is 2.17 bits per heavy atom. The molecule has 0 bridgehead atoms. The molecule has 9 heteroatoms. The van der Waals surface area contributed by atoms with Crippen LogP contribution in [0.2, 0.25) is 0 Å². The molecule has 0 amide bonds. The average Bonchev–Trinajstić information content (AvgIpc) is 2.98. The maximum Gasteiger partial charge on any atom is 0.222 e. The lowest BCUT2D eigenvalue weighted by atomic mass is 9.78. The molecule has 1 aliphatic carbocycles. The zero-order valence-corrected chi connectivity index (χ0v) is 13.5. The number of nitrogens with zero attached hydrogens (tertiary/aromatic N) is 5. The van der Waals surface area contributed by atoms with Crippen LogP contribution in [0.1, 0.15) is 35.2 Å². The standard InChI is InChI=1S/C14H18N8S/c1-7-21-22-6-10(18-14(22)23-7)5-17-12-4-11(19-13(16)20-12)8-2-9(15)3-8/h4,6,8-9H,2-3,5,15H2,1H3,(H3,16,17,19,20). The summed E-state index contributed by atoms with van der Waals surface area (Å²) >= 11 is 1.57. The second kappa shape index (κ2) is 5.43. The number of fused-ring (bicyclic) bond motifs is 1. The summed E-state index contributed by atoms with van der Waals surface area (Å²) in [6, 6.07) is 2.23. The van der Waals surface area contributed by atoms with Crippen molar-refractivity contribution in [3.05, 3.63) is 28.7 Å². The van der Waals surface area contributed by atoms with Gasteiger partial charge in [0.1, 0.15) is 10.8 Å². The SMILES string of the molecule is Cc1nn2cc(CNc3cc(C4CC(N)C4)nc(N)n3)nc2s1. The van der Waals surface area contributed by atoms with E-state index in [-0.39, 0.29) is 12.0 Å². The Kier molecular flexibility index (Phi) is 3.38. The minimum atomic E-state index is 0.280. The van der Waals surface area contributed by atoms with Gasteiger partial charge in [0.05, 0.1) is 24.1 Å². The Morgan fingerprint density at radius 1 is 1.35 bits per heavy atom. The summed E-state index contributed by atoms with van der Waals surface area (Å²) in [4.78, 5) is 14.0. The van der Waals surface area contributed by atoms with E-state index in [0.717, 1.165) is 34.2 Å². The van der Waals surface area contributed by atoms with Crippen molar-refractivity contribution in [3.63, 3.8) is 0 Å². The van der Waals surface area contributed by atoms with Gasteiger partial charge in [-0.25, -0.2) is 14.5 Å². The Morgan fingerprint density at radius 3 is 2.91 bits per heavy atom. The average molecular weight is 330 g/mol. The normalized spacial score (nSPS) is 20.6. The number of aryl methyl sites for hydroxylation is 1. The Balaban J connectivity index is 1.48. The van der Waals surface area contributed by atoms with Crippen LogP contribution < -0.4 is 16.8 Å². The number of imidazole rings is 1. The Bertz CT molecular complexity index is 816. The van der Waals surface area contributed by atoms with Crippen LogP contribution in [0.25, 0.3) is 4.96 Å². The lowest BCUT2D eigenvalue weighted by Gasteiger charge is -2.32. The summed E-state index contributed by atoms with van der Waals surface area (Å²) in [7, 11) is 0. The number of hydrogen-bond acceptors (Lipinski definition) is 8. The number of hydrogen-bond donors (Lipinski definition) is 3. The highest BCUT2D eigenvalue weighted by atomic mass is 32.1. The van der Waals surface area contributed by atoms with Crippen LogP contribution in [0.3, 0.4) is 0 Å². The van der Waals surface area contributed by atoms with E-state index in [0.29, 0.717) is 18.3 Å². The fourth-order valence-corrected chi connectivity index (χ4v) is 3.54. The van der Waals surface area contributed by atoms with Crippen LogP contribution in [-0.4, -0.2) is 30.6 Å². The second-order valence-electron chi connectivity index (χ2n) is 5.90. The molecule has 3 aromatic rings. The van der Waals surface area contributed by atoms with Gasteiger partial charge in [-0.3, -0.25) is 0 Å². The van der Waals surface area contributed by atoms with Gasteiger partial charge in [-0.1, -0.05) is 11.3 Å². The molecule has 0 unspecified atom stereocenters. The van der Waals surface area contributed by atoms with Gasteiger partial charge >= 0.3 is 0 Å². The van der Waals surface area contributed by atoms with Crippen LogP contribution >= 0.6 is 11.3 Å². The smallest absolute Gasteiger partial charge is 0.222 e. The van der Waals surface area contributed by atoms with Gasteiger partial charge in [0, 0.05) is 18.0 Å². The molecule has 0 aromatic carbocycles. The highest BCUT2D eigenvalue weighted by Crippen LogP contribution is 2.35. The van der Waals surface area contributed by atoms with Crippen molar-refractivity contribution in [2.75, 3.05) is 11.1 Å². The summed E-state index contributed by atoms with van der Waals surface area (Å²) in [5.74, 6) is 1.39. The van der Waals surface area contributed by atoms with Crippen LogP contribution in [0, 0.1) is 6.92 Å². The third-order valence-corrected chi connectivity index (χ3v) is 4.84. The third kappa shape index (κ3) is 2.84. The van der Waals surface area contributed by atoms with Crippen molar-refractivity contribution in [1.82, 2.24) is 24.6 Å². The van der Waals surface area contributed by atoms with E-state index >= 15 is 0 Å². The first kappa shape index (κ1) is 14.3. The molecular weight excluding hydrogens is 312 g/mol. The number of aromatic nitrogens is 5. The molecule has 0 spiro atoms. The number of nitrogens with one attached hydrogen (secondary N) is 1. The summed E-state index contributed by atoms with van der Waals surface area (Å²) < 4.78 is 1.80. The number of nitrogens with two attached hydrogens (primary N) is 2. The predicted octanol–water partition coefficient (Wildman–Crippen LogP) is 1.29. The molecule has 1 aliphatic rings. The van der Waals surface area contributed by atoms with Crippen molar-refractivity contribution >= 4 is 28.1 Å². The topological polar surface area (TPSA) is 120 Å². The monoisotopic (exact) mass is 330 g/mol. The molecule has 0 atom stereocenters. The summed E-state index contributed by atoms with van der Waals surface area (Å²) in [6.07, 6.45) is 3.83. The minimum absolute atomic E-state index is 0.280.